The van der Waals surface area contributed by atoms with Gasteiger partial charge < -0.3 is 15.1 Å². The lowest BCUT2D eigenvalue weighted by atomic mass is 10.2. The minimum Gasteiger partial charge on any atom is -0.366 e. The van der Waals surface area contributed by atoms with E-state index in [4.69, 9.17) is 0 Å². The first-order valence-electron chi connectivity index (χ1n) is 9.63. The van der Waals surface area contributed by atoms with Gasteiger partial charge in [0.25, 0.3) is 11.8 Å². The largest absolute Gasteiger partial charge is 0.366 e. The fraction of sp³-hybridized carbons (Fsp3) is 0.381. The van der Waals surface area contributed by atoms with E-state index in [-0.39, 0.29) is 23.3 Å². The Bertz CT molecular complexity index is 835. The number of unbranched alkanes of at least 4 members (excludes halogenated alkanes) is 1. The molecule has 1 fully saturated rings. The number of carbonyl (C=O) groups excluding carboxylic acids is 2. The number of nitrogens with zero attached hydrogens (tertiary/aromatic N) is 3. The van der Waals surface area contributed by atoms with Crippen molar-refractivity contribution in [3.05, 3.63) is 59.7 Å². The molecule has 0 unspecified atom stereocenters. The minimum absolute atomic E-state index is 0.200. The lowest BCUT2D eigenvalue weighted by Crippen LogP contribution is -2.49. The van der Waals surface area contributed by atoms with Crippen molar-refractivity contribution in [2.75, 3.05) is 37.6 Å². The summed E-state index contributed by atoms with van der Waals surface area (Å²) in [5.74, 6) is -0.670. The zero-order valence-electron chi connectivity index (χ0n) is 16.0. The number of anilines is 1. The van der Waals surface area contributed by atoms with Crippen molar-refractivity contribution in [1.29, 1.82) is 0 Å². The number of halogens is 1. The van der Waals surface area contributed by atoms with Gasteiger partial charge in [0.15, 0.2) is 0 Å². The first kappa shape index (κ1) is 19.8. The van der Waals surface area contributed by atoms with Crippen molar-refractivity contribution in [3.8, 4) is 0 Å². The van der Waals surface area contributed by atoms with E-state index in [1.54, 1.807) is 29.2 Å². The number of nitrogens with one attached hydrogen (secondary N) is 1. The molecule has 28 heavy (non-hydrogen) atoms. The number of pyridine rings is 1. The molecule has 1 N–H and O–H groups in total. The fourth-order valence-electron chi connectivity index (χ4n) is 3.19. The highest BCUT2D eigenvalue weighted by atomic mass is 19.1. The topological polar surface area (TPSA) is 65.5 Å². The third-order valence-corrected chi connectivity index (χ3v) is 4.82. The number of benzene rings is 1. The van der Waals surface area contributed by atoms with Crippen LogP contribution < -0.4 is 10.2 Å². The number of hydrogen-bond acceptors (Lipinski definition) is 4. The number of amides is 2. The van der Waals surface area contributed by atoms with Gasteiger partial charge in [-0.15, -0.1) is 0 Å². The zero-order chi connectivity index (χ0) is 19.9. The molecular formula is C21H25FN4O2. The molecule has 1 aliphatic rings. The van der Waals surface area contributed by atoms with E-state index in [1.165, 1.54) is 18.3 Å². The van der Waals surface area contributed by atoms with Crippen LogP contribution in [0.1, 0.15) is 40.6 Å². The molecule has 2 amide bonds. The number of piperazine rings is 1. The Labute approximate surface area is 164 Å². The van der Waals surface area contributed by atoms with Crippen LogP contribution in [0.5, 0.6) is 0 Å². The van der Waals surface area contributed by atoms with Gasteiger partial charge in [-0.05, 0) is 30.7 Å². The van der Waals surface area contributed by atoms with E-state index >= 15 is 0 Å². The normalized spacial score (nSPS) is 14.1. The molecule has 2 aromatic rings. The van der Waals surface area contributed by atoms with E-state index in [2.05, 4.69) is 17.2 Å². The molecule has 1 aliphatic heterocycles. The highest BCUT2D eigenvalue weighted by molar-refractivity contribution is 5.98. The van der Waals surface area contributed by atoms with Gasteiger partial charge in [0.05, 0.1) is 5.69 Å². The Morgan fingerprint density at radius 2 is 1.89 bits per heavy atom. The quantitative estimate of drug-likeness (QED) is 0.778. The highest BCUT2D eigenvalue weighted by Gasteiger charge is 2.24. The fourth-order valence-corrected chi connectivity index (χ4v) is 3.19. The van der Waals surface area contributed by atoms with Crippen molar-refractivity contribution in [3.63, 3.8) is 0 Å². The molecule has 1 aromatic carbocycles. The SMILES string of the molecule is CCCCNC(=O)c1ccnc(C(=O)N2CCN(c3ccccc3F)CC2)c1. The average Bonchev–Trinajstić information content (AvgIpc) is 2.74. The van der Waals surface area contributed by atoms with Gasteiger partial charge in [-0.3, -0.25) is 14.6 Å². The number of carbonyl (C=O) groups is 2. The lowest BCUT2D eigenvalue weighted by molar-refractivity contribution is 0.0740. The van der Waals surface area contributed by atoms with E-state index in [9.17, 15) is 14.0 Å². The summed E-state index contributed by atoms with van der Waals surface area (Å²) < 4.78 is 14.0. The number of para-hydroxylation sites is 1. The molecule has 7 heteroatoms. The van der Waals surface area contributed by atoms with Crippen LogP contribution in [0, 0.1) is 5.82 Å². The Morgan fingerprint density at radius 1 is 1.14 bits per heavy atom. The van der Waals surface area contributed by atoms with Crippen LogP contribution in [-0.2, 0) is 0 Å². The molecule has 148 valence electrons. The summed E-state index contributed by atoms with van der Waals surface area (Å²) >= 11 is 0. The number of rotatable bonds is 6. The summed E-state index contributed by atoms with van der Waals surface area (Å²) in [7, 11) is 0. The molecule has 2 heterocycles. The Hall–Kier alpha value is -2.96. The molecule has 6 nitrogen and oxygen atoms in total. The summed E-state index contributed by atoms with van der Waals surface area (Å²) in [6.07, 6.45) is 3.39. The van der Waals surface area contributed by atoms with Crippen molar-refractivity contribution in [1.82, 2.24) is 15.2 Å². The standard InChI is InChI=1S/C21H25FN4O2/c1-2-3-9-24-20(27)16-8-10-23-18(15-16)21(28)26-13-11-25(12-14-26)19-7-5-4-6-17(19)22/h4-8,10,15H,2-3,9,11-14H2,1H3,(H,24,27). The van der Waals surface area contributed by atoms with Crippen LogP contribution in [-0.4, -0.2) is 54.4 Å². The van der Waals surface area contributed by atoms with Crippen LogP contribution in [0.4, 0.5) is 10.1 Å². The molecule has 0 aliphatic carbocycles. The molecule has 0 radical (unpaired) electrons. The maximum atomic E-state index is 14.0. The first-order chi connectivity index (χ1) is 13.6. The Balaban J connectivity index is 1.61. The Morgan fingerprint density at radius 3 is 2.61 bits per heavy atom. The predicted octanol–water partition coefficient (Wildman–Crippen LogP) is 2.71. The first-order valence-corrected chi connectivity index (χ1v) is 9.63. The van der Waals surface area contributed by atoms with Gasteiger partial charge >= 0.3 is 0 Å². The number of aromatic nitrogens is 1. The summed E-state index contributed by atoms with van der Waals surface area (Å²) in [5, 5.41) is 2.84. The minimum atomic E-state index is -0.259. The molecule has 0 spiro atoms. The van der Waals surface area contributed by atoms with Gasteiger partial charge in [0, 0.05) is 44.5 Å². The predicted molar refractivity (Wildman–Crippen MR) is 106 cm³/mol. The second-order valence-electron chi connectivity index (χ2n) is 6.77. The van der Waals surface area contributed by atoms with Crippen LogP contribution in [0.15, 0.2) is 42.6 Å². The maximum absolute atomic E-state index is 14.0. The molecule has 0 bridgehead atoms. The van der Waals surface area contributed by atoms with Crippen molar-refractivity contribution in [2.24, 2.45) is 0 Å². The van der Waals surface area contributed by atoms with Crippen molar-refractivity contribution >= 4 is 17.5 Å². The summed E-state index contributed by atoms with van der Waals surface area (Å²) in [6, 6.07) is 9.79. The molecule has 3 rings (SSSR count). The smallest absolute Gasteiger partial charge is 0.272 e. The molecule has 1 saturated heterocycles. The van der Waals surface area contributed by atoms with Gasteiger partial charge in [0.1, 0.15) is 11.5 Å². The maximum Gasteiger partial charge on any atom is 0.272 e. The van der Waals surface area contributed by atoms with E-state index in [0.717, 1.165) is 12.8 Å². The monoisotopic (exact) mass is 384 g/mol. The van der Waals surface area contributed by atoms with Gasteiger partial charge in [-0.2, -0.15) is 0 Å². The van der Waals surface area contributed by atoms with E-state index in [0.29, 0.717) is 44.0 Å². The molecule has 1 aromatic heterocycles. The summed E-state index contributed by atoms with van der Waals surface area (Å²) in [4.78, 5) is 32.7. The van der Waals surface area contributed by atoms with Crippen molar-refractivity contribution < 1.29 is 14.0 Å². The van der Waals surface area contributed by atoms with Gasteiger partial charge in [0.2, 0.25) is 0 Å². The average molecular weight is 384 g/mol. The van der Waals surface area contributed by atoms with Crippen LogP contribution in [0.3, 0.4) is 0 Å². The van der Waals surface area contributed by atoms with Gasteiger partial charge in [-0.1, -0.05) is 25.5 Å². The van der Waals surface area contributed by atoms with Crippen LogP contribution in [0.2, 0.25) is 0 Å². The van der Waals surface area contributed by atoms with Crippen LogP contribution in [0.25, 0.3) is 0 Å². The second-order valence-corrected chi connectivity index (χ2v) is 6.77. The third-order valence-electron chi connectivity index (χ3n) is 4.82. The number of hydrogen-bond donors (Lipinski definition) is 1. The second kappa shape index (κ2) is 9.30. The lowest BCUT2D eigenvalue weighted by Gasteiger charge is -2.36. The molecule has 0 saturated carbocycles. The molecule has 0 atom stereocenters. The highest BCUT2D eigenvalue weighted by Crippen LogP contribution is 2.20. The summed E-state index contributed by atoms with van der Waals surface area (Å²) in [5.41, 5.74) is 1.24. The van der Waals surface area contributed by atoms with E-state index < -0.39 is 0 Å². The zero-order valence-corrected chi connectivity index (χ0v) is 16.0. The summed E-state index contributed by atoms with van der Waals surface area (Å²) in [6.45, 7) is 4.71. The van der Waals surface area contributed by atoms with E-state index in [1.807, 2.05) is 4.90 Å². The third kappa shape index (κ3) is 4.65. The van der Waals surface area contributed by atoms with Crippen LogP contribution >= 0.6 is 0 Å². The van der Waals surface area contributed by atoms with Crippen molar-refractivity contribution in [2.45, 2.75) is 19.8 Å². The Kier molecular flexibility index (Phi) is 6.57. The molecular weight excluding hydrogens is 359 g/mol. The van der Waals surface area contributed by atoms with Gasteiger partial charge in [-0.25, -0.2) is 4.39 Å².